The third kappa shape index (κ3) is 23.0. The summed E-state index contributed by atoms with van der Waals surface area (Å²) in [6.07, 6.45) is -5.16. The molecule has 14 nitrogen and oxygen atoms in total. The smallest absolute Gasteiger partial charge is 0.550 e. The molecule has 0 bridgehead atoms. The number of aliphatic hydroxyl groups is 2. The Kier molecular flexibility index (Phi) is 35.3. The number of hydrogen-bond donors (Lipinski definition) is 4. The quantitative estimate of drug-likeness (QED) is 0.189. The van der Waals surface area contributed by atoms with Crippen molar-refractivity contribution in [2.75, 3.05) is 0 Å². The molecule has 1 unspecified atom stereocenters. The van der Waals surface area contributed by atoms with E-state index in [1.807, 2.05) is 0 Å². The van der Waals surface area contributed by atoms with Gasteiger partial charge in [0.15, 0.2) is 5.60 Å². The van der Waals surface area contributed by atoms with Gasteiger partial charge < -0.3 is 60.0 Å². The van der Waals surface area contributed by atoms with Crippen LogP contribution in [0.25, 0.3) is 0 Å². The van der Waals surface area contributed by atoms with Crippen molar-refractivity contribution in [1.82, 2.24) is 0 Å². The van der Waals surface area contributed by atoms with Crippen molar-refractivity contribution in [3.8, 4) is 0 Å². The fourth-order valence-electron chi connectivity index (χ4n) is 1.39. The van der Waals surface area contributed by atoms with Crippen molar-refractivity contribution in [3.05, 3.63) is 0 Å². The Balaban J connectivity index is -0.0000000847. The van der Waals surface area contributed by atoms with Crippen molar-refractivity contribution in [1.29, 1.82) is 0 Å². The fraction of sp³-hybridized carbons (Fsp3) is 0.500. The van der Waals surface area contributed by atoms with Crippen molar-refractivity contribution in [2.45, 2.75) is 36.9 Å². The maximum absolute atomic E-state index is 10.3. The Bertz CT molecular complexity index is 524. The van der Waals surface area contributed by atoms with Gasteiger partial charge in [-0.2, -0.15) is 0 Å². The van der Waals surface area contributed by atoms with Crippen molar-refractivity contribution in [2.24, 2.45) is 0 Å². The Labute approximate surface area is 339 Å². The van der Waals surface area contributed by atoms with Crippen LogP contribution in [0.5, 0.6) is 0 Å². The average molecular weight is 537 g/mol. The molecule has 18 heteroatoms. The molecular formula is C12H12K4O14. The van der Waals surface area contributed by atoms with Crippen LogP contribution in [0.4, 0.5) is 0 Å². The van der Waals surface area contributed by atoms with Crippen molar-refractivity contribution >= 4 is 35.8 Å². The molecule has 4 N–H and O–H groups in total. The van der Waals surface area contributed by atoms with Gasteiger partial charge in [-0.15, -0.1) is 0 Å². The van der Waals surface area contributed by atoms with Gasteiger partial charge in [-0.3, -0.25) is 4.79 Å². The molecule has 0 aliphatic heterocycles. The summed E-state index contributed by atoms with van der Waals surface area (Å²) in [6.45, 7) is 0. The molecule has 0 radical (unpaired) electrons. The first-order valence-electron chi connectivity index (χ1n) is 6.26. The van der Waals surface area contributed by atoms with Crippen LogP contribution in [0, 0.1) is 0 Å². The molecule has 0 saturated carbocycles. The number of hydrogen-bond acceptors (Lipinski definition) is 12. The maximum atomic E-state index is 10.3. The molecular weight excluding hydrogens is 525 g/mol. The minimum absolute atomic E-state index is 0. The first kappa shape index (κ1) is 46.6. The SMILES string of the molecule is O=C([O-])CC(O)(CC(=O)O)C(=O)O.O=C([O-])CC(O)(CC(=O)[O-])C(=O)[O-].[K+].[K+].[K+].[K+]. The number of rotatable bonds is 10. The van der Waals surface area contributed by atoms with Gasteiger partial charge >= 0.3 is 217 Å². The maximum Gasteiger partial charge on any atom is 1.00 e. The van der Waals surface area contributed by atoms with Crippen LogP contribution in [-0.2, 0) is 28.8 Å². The van der Waals surface area contributed by atoms with Crippen LogP contribution in [0.2, 0.25) is 0 Å². The van der Waals surface area contributed by atoms with Gasteiger partial charge in [-0.25, -0.2) is 4.79 Å². The summed E-state index contributed by atoms with van der Waals surface area (Å²) in [5, 5.41) is 74.4. The third-order valence-corrected chi connectivity index (χ3v) is 2.53. The van der Waals surface area contributed by atoms with E-state index in [-0.39, 0.29) is 206 Å². The van der Waals surface area contributed by atoms with Crippen LogP contribution in [0.1, 0.15) is 25.7 Å². The number of carbonyl (C=O) groups excluding carboxylic acids is 4. The number of carboxylic acids is 6. The largest absolute Gasteiger partial charge is 1.00 e. The number of carboxylic acid groups (broad SMARTS) is 6. The molecule has 0 aliphatic rings. The summed E-state index contributed by atoms with van der Waals surface area (Å²) in [5.41, 5.74) is -5.78. The van der Waals surface area contributed by atoms with Gasteiger partial charge in [0.1, 0.15) is 5.60 Å². The summed E-state index contributed by atoms with van der Waals surface area (Å²) in [5.74, 6) is -11.3. The van der Waals surface area contributed by atoms with Gasteiger partial charge in [0.05, 0.1) is 12.4 Å². The molecule has 0 aliphatic carbocycles. The topological polar surface area (TPSA) is 276 Å². The van der Waals surface area contributed by atoms with E-state index in [2.05, 4.69) is 0 Å². The predicted molar refractivity (Wildman–Crippen MR) is 63.7 cm³/mol. The van der Waals surface area contributed by atoms with Crippen LogP contribution in [-0.4, -0.2) is 67.4 Å². The van der Waals surface area contributed by atoms with E-state index >= 15 is 0 Å². The molecule has 0 aromatic rings. The summed E-state index contributed by atoms with van der Waals surface area (Å²) < 4.78 is 0. The van der Waals surface area contributed by atoms with Gasteiger partial charge in [-0.1, -0.05) is 0 Å². The van der Waals surface area contributed by atoms with Gasteiger partial charge in [0, 0.05) is 37.2 Å². The zero-order valence-corrected chi connectivity index (χ0v) is 29.2. The summed E-state index contributed by atoms with van der Waals surface area (Å²) in [7, 11) is 0. The molecule has 0 rings (SSSR count). The van der Waals surface area contributed by atoms with Gasteiger partial charge in [0.25, 0.3) is 0 Å². The third-order valence-electron chi connectivity index (χ3n) is 2.53. The van der Waals surface area contributed by atoms with Crippen LogP contribution < -0.4 is 226 Å². The standard InChI is InChI=1S/2C6H8O7.4K/c2*7-3(8)1-6(13,5(11)12)2-4(9)10;;;;/h2*13H,1-2H2,(H,7,8)(H,9,10)(H,11,12);;;;/q;;4*+1/p-4. The first-order valence-corrected chi connectivity index (χ1v) is 6.26. The minimum atomic E-state index is -2.97. The Morgan fingerprint density at radius 1 is 0.567 bits per heavy atom. The van der Waals surface area contributed by atoms with Crippen molar-refractivity contribution in [3.63, 3.8) is 0 Å². The molecule has 0 fully saturated rings. The first-order chi connectivity index (χ1) is 11.6. The molecule has 0 spiro atoms. The number of aliphatic carboxylic acids is 6. The second-order valence-electron chi connectivity index (χ2n) is 4.87. The van der Waals surface area contributed by atoms with E-state index in [4.69, 9.17) is 20.4 Å². The van der Waals surface area contributed by atoms with Crippen molar-refractivity contribution < 1.29 is 275 Å². The molecule has 148 valence electrons. The molecule has 0 heterocycles. The minimum Gasteiger partial charge on any atom is -0.550 e. The molecule has 0 saturated heterocycles. The normalized spacial score (nSPS) is 11.0. The van der Waals surface area contributed by atoms with E-state index in [0.717, 1.165) is 0 Å². The Morgan fingerprint density at radius 3 is 1.00 bits per heavy atom. The summed E-state index contributed by atoms with van der Waals surface area (Å²) in [4.78, 5) is 60.3. The zero-order valence-electron chi connectivity index (χ0n) is 16.7. The molecule has 0 aromatic carbocycles. The number of carbonyl (C=O) groups is 6. The van der Waals surface area contributed by atoms with Gasteiger partial charge in [-0.05, 0) is 0 Å². The van der Waals surface area contributed by atoms with Gasteiger partial charge in [0.2, 0.25) is 0 Å². The summed E-state index contributed by atoms with van der Waals surface area (Å²) >= 11 is 0. The molecule has 1 atom stereocenters. The van der Waals surface area contributed by atoms with E-state index in [0.29, 0.717) is 0 Å². The van der Waals surface area contributed by atoms with E-state index < -0.39 is 72.7 Å². The molecule has 0 aromatic heterocycles. The Morgan fingerprint density at radius 2 is 0.833 bits per heavy atom. The van der Waals surface area contributed by atoms with Crippen LogP contribution in [0.15, 0.2) is 0 Å². The monoisotopic (exact) mass is 536 g/mol. The second-order valence-corrected chi connectivity index (χ2v) is 4.87. The van der Waals surface area contributed by atoms with Crippen LogP contribution >= 0.6 is 0 Å². The van der Waals surface area contributed by atoms with E-state index in [1.54, 1.807) is 0 Å². The fourth-order valence-corrected chi connectivity index (χ4v) is 1.39. The molecule has 0 amide bonds. The predicted octanol–water partition coefficient (Wildman–Crippen LogP) is -19.8. The second kappa shape index (κ2) is 22.7. The average Bonchev–Trinajstić information content (AvgIpc) is 2.34. The zero-order chi connectivity index (χ0) is 21.3. The van der Waals surface area contributed by atoms with E-state index in [1.165, 1.54) is 0 Å². The van der Waals surface area contributed by atoms with Crippen LogP contribution in [0.3, 0.4) is 0 Å². The molecule has 30 heavy (non-hydrogen) atoms. The summed E-state index contributed by atoms with van der Waals surface area (Å²) in [6, 6.07) is 0. The Hall–Kier alpha value is 3.29. The van der Waals surface area contributed by atoms with E-state index in [9.17, 15) is 49.2 Å².